The molecule has 2 aliphatic rings. The molecule has 0 amide bonds. The largest absolute Gasteiger partial charge is 0.496 e. The molecule has 5 rings (SSSR count). The summed E-state index contributed by atoms with van der Waals surface area (Å²) in [6.07, 6.45) is 5.49. The molecule has 5 nitrogen and oxygen atoms in total. The zero-order valence-corrected chi connectivity index (χ0v) is 18.4. The van der Waals surface area contributed by atoms with E-state index in [0.717, 1.165) is 55.9 Å². The molecule has 1 fully saturated rings. The number of hydrogen-bond acceptors (Lipinski definition) is 4. The first kappa shape index (κ1) is 20.3. The van der Waals surface area contributed by atoms with Crippen molar-refractivity contribution in [1.29, 1.82) is 0 Å². The highest BCUT2D eigenvalue weighted by Crippen LogP contribution is 2.35. The van der Waals surface area contributed by atoms with Gasteiger partial charge in [-0.1, -0.05) is 49.4 Å². The Morgan fingerprint density at radius 2 is 1.94 bits per heavy atom. The van der Waals surface area contributed by atoms with Gasteiger partial charge in [0.25, 0.3) is 0 Å². The normalized spacial score (nSPS) is 23.2. The summed E-state index contributed by atoms with van der Waals surface area (Å²) in [5, 5.41) is 4.81. The number of morpholine rings is 1. The van der Waals surface area contributed by atoms with Gasteiger partial charge in [-0.05, 0) is 42.6 Å². The molecule has 1 saturated heterocycles. The van der Waals surface area contributed by atoms with Crippen LogP contribution in [-0.2, 0) is 24.1 Å². The highest BCUT2D eigenvalue weighted by atomic mass is 16.5. The smallest absolute Gasteiger partial charge is 0.122 e. The topological polar surface area (TPSA) is 39.5 Å². The Morgan fingerprint density at radius 3 is 2.74 bits per heavy atom. The van der Waals surface area contributed by atoms with E-state index in [-0.39, 0.29) is 12.2 Å². The average molecular weight is 418 g/mol. The minimum Gasteiger partial charge on any atom is -0.496 e. The standard InChI is InChI=1S/C26H31N3O2/c1-3-13-28-17-21(18-29-14-12-23(27-29)19-8-5-4-6-9-19)31-26-16-22-20(15-24(26)28)10-7-11-25(22)30-2/h4-12,14,21,24,26H,3,13,15-18H2,1-2H3/t21-,24-,26-/m1/s1. The Labute approximate surface area is 184 Å². The lowest BCUT2D eigenvalue weighted by atomic mass is 9.83. The van der Waals surface area contributed by atoms with Gasteiger partial charge < -0.3 is 9.47 Å². The van der Waals surface area contributed by atoms with Gasteiger partial charge in [-0.3, -0.25) is 9.58 Å². The molecular formula is C26H31N3O2. The van der Waals surface area contributed by atoms with E-state index in [4.69, 9.17) is 14.6 Å². The molecule has 31 heavy (non-hydrogen) atoms. The highest BCUT2D eigenvalue weighted by Gasteiger charge is 2.40. The fraction of sp³-hybridized carbons (Fsp3) is 0.423. The number of benzene rings is 2. The number of rotatable bonds is 6. The molecule has 0 saturated carbocycles. The number of fused-ring (bicyclic) bond motifs is 2. The minimum atomic E-state index is 0.132. The van der Waals surface area contributed by atoms with E-state index in [1.54, 1.807) is 7.11 Å². The zero-order valence-electron chi connectivity index (χ0n) is 18.4. The second kappa shape index (κ2) is 8.85. The molecule has 0 bridgehead atoms. The Hall–Kier alpha value is -2.63. The van der Waals surface area contributed by atoms with E-state index in [2.05, 4.69) is 66.6 Å². The molecule has 0 spiro atoms. The Kier molecular flexibility index (Phi) is 5.79. The fourth-order valence-electron chi connectivity index (χ4n) is 5.19. The van der Waals surface area contributed by atoms with Gasteiger partial charge in [0.1, 0.15) is 5.75 Å². The molecule has 0 unspecified atom stereocenters. The summed E-state index contributed by atoms with van der Waals surface area (Å²) >= 11 is 0. The Morgan fingerprint density at radius 1 is 1.06 bits per heavy atom. The van der Waals surface area contributed by atoms with Crippen LogP contribution in [0, 0.1) is 0 Å². The van der Waals surface area contributed by atoms with E-state index < -0.39 is 0 Å². The summed E-state index contributed by atoms with van der Waals surface area (Å²) in [5.41, 5.74) is 4.88. The fourth-order valence-corrected chi connectivity index (χ4v) is 5.19. The molecule has 3 atom stereocenters. The number of methoxy groups -OCH3 is 1. The molecule has 2 aromatic carbocycles. The van der Waals surface area contributed by atoms with Crippen molar-refractivity contribution in [3.63, 3.8) is 0 Å². The van der Waals surface area contributed by atoms with Gasteiger partial charge >= 0.3 is 0 Å². The molecule has 0 N–H and O–H groups in total. The van der Waals surface area contributed by atoms with Gasteiger partial charge in [0.15, 0.2) is 0 Å². The van der Waals surface area contributed by atoms with Crippen molar-refractivity contribution < 1.29 is 9.47 Å². The van der Waals surface area contributed by atoms with E-state index in [1.165, 1.54) is 11.1 Å². The maximum absolute atomic E-state index is 6.68. The van der Waals surface area contributed by atoms with Crippen LogP contribution < -0.4 is 4.74 Å². The summed E-state index contributed by atoms with van der Waals surface area (Å²) < 4.78 is 14.4. The molecule has 5 heteroatoms. The maximum Gasteiger partial charge on any atom is 0.122 e. The van der Waals surface area contributed by atoms with Gasteiger partial charge in [-0.25, -0.2) is 0 Å². The molecule has 3 aromatic rings. The third-order valence-electron chi connectivity index (χ3n) is 6.60. The monoisotopic (exact) mass is 417 g/mol. The van der Waals surface area contributed by atoms with E-state index in [1.807, 2.05) is 10.7 Å². The predicted octanol–water partition coefficient (Wildman–Crippen LogP) is 4.21. The van der Waals surface area contributed by atoms with Gasteiger partial charge in [-0.15, -0.1) is 0 Å². The number of hydrogen-bond donors (Lipinski definition) is 0. The minimum absolute atomic E-state index is 0.132. The van der Waals surface area contributed by atoms with Crippen LogP contribution in [0.1, 0.15) is 24.5 Å². The quantitative estimate of drug-likeness (QED) is 0.603. The van der Waals surface area contributed by atoms with Crippen LogP contribution in [0.3, 0.4) is 0 Å². The highest BCUT2D eigenvalue weighted by molar-refractivity contribution is 5.58. The first-order valence-corrected chi connectivity index (χ1v) is 11.4. The molecule has 1 aliphatic carbocycles. The second-order valence-electron chi connectivity index (χ2n) is 8.65. The van der Waals surface area contributed by atoms with Crippen molar-refractivity contribution in [2.75, 3.05) is 20.2 Å². The molecule has 1 aliphatic heterocycles. The van der Waals surface area contributed by atoms with Crippen LogP contribution in [0.4, 0.5) is 0 Å². The lowest BCUT2D eigenvalue weighted by Gasteiger charge is -2.47. The maximum atomic E-state index is 6.68. The zero-order chi connectivity index (χ0) is 21.2. The number of nitrogens with zero attached hydrogens (tertiary/aromatic N) is 3. The van der Waals surface area contributed by atoms with Crippen molar-refractivity contribution in [1.82, 2.24) is 14.7 Å². The third-order valence-corrected chi connectivity index (χ3v) is 6.60. The van der Waals surface area contributed by atoms with Crippen LogP contribution in [0.5, 0.6) is 5.75 Å². The van der Waals surface area contributed by atoms with Gasteiger partial charge in [0, 0.05) is 30.8 Å². The van der Waals surface area contributed by atoms with Crippen LogP contribution in [0.2, 0.25) is 0 Å². The van der Waals surface area contributed by atoms with Gasteiger partial charge in [0.2, 0.25) is 0 Å². The summed E-state index contributed by atoms with van der Waals surface area (Å²) in [6.45, 7) is 5.09. The first-order valence-electron chi connectivity index (χ1n) is 11.4. The van der Waals surface area contributed by atoms with E-state index >= 15 is 0 Å². The van der Waals surface area contributed by atoms with Crippen molar-refractivity contribution in [3.8, 4) is 17.0 Å². The summed E-state index contributed by atoms with van der Waals surface area (Å²) in [5.74, 6) is 0.989. The van der Waals surface area contributed by atoms with Crippen LogP contribution >= 0.6 is 0 Å². The number of aromatic nitrogens is 2. The van der Waals surface area contributed by atoms with Crippen molar-refractivity contribution in [3.05, 3.63) is 71.9 Å². The number of ether oxygens (including phenoxy) is 2. The van der Waals surface area contributed by atoms with E-state index in [0.29, 0.717) is 6.04 Å². The van der Waals surface area contributed by atoms with Crippen LogP contribution in [0.25, 0.3) is 11.3 Å². The molecule has 1 aromatic heterocycles. The van der Waals surface area contributed by atoms with Gasteiger partial charge in [-0.2, -0.15) is 5.10 Å². The Bertz CT molecular complexity index is 1020. The molecule has 162 valence electrons. The van der Waals surface area contributed by atoms with Crippen molar-refractivity contribution in [2.45, 2.75) is 51.0 Å². The predicted molar refractivity (Wildman–Crippen MR) is 122 cm³/mol. The third kappa shape index (κ3) is 4.12. The average Bonchev–Trinajstić information content (AvgIpc) is 3.27. The summed E-state index contributed by atoms with van der Waals surface area (Å²) in [7, 11) is 1.76. The molecule has 2 heterocycles. The second-order valence-corrected chi connectivity index (χ2v) is 8.65. The Balaban J connectivity index is 1.35. The first-order chi connectivity index (χ1) is 15.2. The van der Waals surface area contributed by atoms with Crippen molar-refractivity contribution in [2.24, 2.45) is 0 Å². The van der Waals surface area contributed by atoms with E-state index in [9.17, 15) is 0 Å². The SMILES string of the molecule is CCCN1C[C@H](Cn2ccc(-c3ccccc3)n2)O[C@@H]2Cc3c(cccc3OC)C[C@H]21. The lowest BCUT2D eigenvalue weighted by Crippen LogP contribution is -2.58. The summed E-state index contributed by atoms with van der Waals surface area (Å²) in [6, 6.07) is 19.3. The van der Waals surface area contributed by atoms with Gasteiger partial charge in [0.05, 0.1) is 31.6 Å². The van der Waals surface area contributed by atoms with Crippen molar-refractivity contribution >= 4 is 0 Å². The molecular weight excluding hydrogens is 386 g/mol. The van der Waals surface area contributed by atoms with Crippen LogP contribution in [-0.4, -0.2) is 53.1 Å². The van der Waals surface area contributed by atoms with Crippen LogP contribution in [0.15, 0.2) is 60.8 Å². The molecule has 0 radical (unpaired) electrons. The summed E-state index contributed by atoms with van der Waals surface area (Å²) in [4.78, 5) is 2.64. The lowest BCUT2D eigenvalue weighted by molar-refractivity contribution is -0.128.